The zero-order chi connectivity index (χ0) is 28.0. The molecule has 0 saturated heterocycles. The van der Waals surface area contributed by atoms with Crippen molar-refractivity contribution in [3.05, 3.63) is 70.8 Å². The van der Waals surface area contributed by atoms with E-state index in [1.807, 2.05) is 48.6 Å². The molecule has 2 aliphatic rings. The van der Waals surface area contributed by atoms with Gasteiger partial charge in [0.1, 0.15) is 0 Å². The van der Waals surface area contributed by atoms with E-state index in [9.17, 15) is 28.7 Å². The molecule has 3 aromatic rings. The number of aromatic nitrogens is 4. The monoisotopic (exact) mass is 570 g/mol. The smallest absolute Gasteiger partial charge is 0.325 e. The highest BCUT2D eigenvalue weighted by atomic mass is 31.2. The van der Waals surface area contributed by atoms with Crippen LogP contribution < -0.4 is 0 Å². The lowest BCUT2D eigenvalue weighted by atomic mass is 9.87. The van der Waals surface area contributed by atoms with Crippen LogP contribution >= 0.6 is 15.2 Å². The van der Waals surface area contributed by atoms with Crippen molar-refractivity contribution in [1.29, 1.82) is 0 Å². The molecule has 0 aliphatic carbocycles. The van der Waals surface area contributed by atoms with Crippen LogP contribution in [0.1, 0.15) is 60.9 Å². The fourth-order valence-corrected chi connectivity index (χ4v) is 6.49. The van der Waals surface area contributed by atoms with E-state index in [1.165, 1.54) is 0 Å². The third-order valence-corrected chi connectivity index (χ3v) is 8.79. The van der Waals surface area contributed by atoms with Gasteiger partial charge < -0.3 is 29.5 Å². The summed E-state index contributed by atoms with van der Waals surface area (Å²) in [5.41, 5.74) is 6.91. The standard InChI is InChI=1S/C27H32N4O6P2/c1-27(2)16-22-14-20-6-8-24(30-20)26(17(9-11-38(32,33)34)10-12-39(35,36)37)23-7-5-19(29-23)13-18-3-4-21(28-18)15-25(27)31-22/h3-8,13-15,17,28,30H,9-12,16H2,1-2H3,(H2,32,33,34)(H2,35,36,37). The third-order valence-electron chi connectivity index (χ3n) is 7.11. The Bertz CT molecular complexity index is 1670. The molecule has 0 amide bonds. The van der Waals surface area contributed by atoms with E-state index in [0.717, 1.165) is 34.4 Å². The number of hydrogen-bond acceptors (Lipinski definition) is 4. The van der Waals surface area contributed by atoms with E-state index >= 15 is 0 Å². The molecule has 0 radical (unpaired) electrons. The first kappa shape index (κ1) is 27.7. The molecule has 0 unspecified atom stereocenters. The second kappa shape index (κ2) is 10.3. The lowest BCUT2D eigenvalue weighted by Crippen LogP contribution is -2.14. The van der Waals surface area contributed by atoms with Crippen LogP contribution in [0.5, 0.6) is 0 Å². The zero-order valence-corrected chi connectivity index (χ0v) is 23.5. The molecule has 0 atom stereocenters. The topological polar surface area (TPSA) is 172 Å². The lowest BCUT2D eigenvalue weighted by Gasteiger charge is -2.19. The molecule has 5 heterocycles. The Hall–Kier alpha value is -2.84. The van der Waals surface area contributed by atoms with Crippen molar-refractivity contribution < 1.29 is 28.7 Å². The Balaban J connectivity index is 1.76. The summed E-state index contributed by atoms with van der Waals surface area (Å²) in [5.74, 6) is -0.562. The molecule has 206 valence electrons. The summed E-state index contributed by atoms with van der Waals surface area (Å²) in [6.45, 7) is 4.31. The molecule has 2 aliphatic heterocycles. The van der Waals surface area contributed by atoms with Crippen molar-refractivity contribution in [1.82, 2.24) is 19.9 Å². The van der Waals surface area contributed by atoms with Gasteiger partial charge in [-0.25, -0.2) is 4.98 Å². The minimum atomic E-state index is -4.34. The molecule has 0 saturated carbocycles. The maximum absolute atomic E-state index is 11.8. The first-order chi connectivity index (χ1) is 18.2. The molecule has 10 nitrogen and oxygen atoms in total. The van der Waals surface area contributed by atoms with Crippen LogP contribution in [0.3, 0.4) is 0 Å². The Labute approximate surface area is 225 Å². The van der Waals surface area contributed by atoms with Crippen LogP contribution in [-0.4, -0.2) is 51.8 Å². The van der Waals surface area contributed by atoms with Crippen LogP contribution in [0.2, 0.25) is 0 Å². The molecule has 0 aromatic carbocycles. The molecular formula is C27H32N4O6P2. The lowest BCUT2D eigenvalue weighted by molar-refractivity contribution is 0.366. The second-order valence-electron chi connectivity index (χ2n) is 10.9. The highest BCUT2D eigenvalue weighted by molar-refractivity contribution is 7.52. The molecule has 12 heteroatoms. The van der Waals surface area contributed by atoms with Crippen molar-refractivity contribution in [2.45, 2.75) is 44.4 Å². The van der Waals surface area contributed by atoms with E-state index in [1.54, 1.807) is 0 Å². The maximum atomic E-state index is 11.8. The van der Waals surface area contributed by atoms with Gasteiger partial charge in [0.05, 0.1) is 23.7 Å². The SMILES string of the molecule is CC1(C)Cc2cc3ccc([nH]3)c(C(CCP(=O)(O)O)CCP(=O)(O)O)c3nc(cc4ccc(cc1n2)[nH]4)C=C3. The summed E-state index contributed by atoms with van der Waals surface area (Å²) in [4.78, 5) is 54.8. The molecule has 3 aromatic heterocycles. The van der Waals surface area contributed by atoms with Crippen LogP contribution in [0.15, 0.2) is 42.5 Å². The predicted octanol–water partition coefficient (Wildman–Crippen LogP) is 5.22. The summed E-state index contributed by atoms with van der Waals surface area (Å²) >= 11 is 0. The molecule has 6 N–H and O–H groups in total. The minimum absolute atomic E-state index is 0.0403. The predicted molar refractivity (Wildman–Crippen MR) is 152 cm³/mol. The zero-order valence-electron chi connectivity index (χ0n) is 21.7. The van der Waals surface area contributed by atoms with Crippen LogP contribution in [0.25, 0.3) is 34.2 Å². The average Bonchev–Trinajstić information content (AvgIpc) is 3.59. The van der Waals surface area contributed by atoms with Crippen molar-refractivity contribution >= 4 is 49.4 Å². The van der Waals surface area contributed by atoms with Gasteiger partial charge in [-0.15, -0.1) is 0 Å². The first-order valence-electron chi connectivity index (χ1n) is 12.7. The summed E-state index contributed by atoms with van der Waals surface area (Å²) < 4.78 is 23.5. The Morgan fingerprint density at radius 1 is 0.846 bits per heavy atom. The van der Waals surface area contributed by atoms with E-state index < -0.39 is 33.4 Å². The molecular weight excluding hydrogens is 538 g/mol. The molecule has 5 rings (SSSR count). The largest absolute Gasteiger partial charge is 0.355 e. The number of fused-ring (bicyclic) bond motifs is 8. The Kier molecular flexibility index (Phi) is 7.31. The number of nitrogens with zero attached hydrogens (tertiary/aromatic N) is 2. The van der Waals surface area contributed by atoms with Crippen LogP contribution in [0, 0.1) is 0 Å². The third kappa shape index (κ3) is 6.84. The van der Waals surface area contributed by atoms with Crippen LogP contribution in [-0.2, 0) is 21.0 Å². The number of aromatic amines is 2. The van der Waals surface area contributed by atoms with Crippen molar-refractivity contribution in [3.8, 4) is 0 Å². The van der Waals surface area contributed by atoms with E-state index in [2.05, 4.69) is 29.9 Å². The first-order valence-corrected chi connectivity index (χ1v) is 16.3. The van der Waals surface area contributed by atoms with Gasteiger partial charge in [0.2, 0.25) is 0 Å². The van der Waals surface area contributed by atoms with Gasteiger partial charge in [-0.05, 0) is 73.4 Å². The minimum Gasteiger partial charge on any atom is -0.355 e. The Morgan fingerprint density at radius 3 is 2.13 bits per heavy atom. The quantitative estimate of drug-likeness (QED) is 0.164. The molecule has 8 bridgehead atoms. The normalized spacial score (nSPS) is 15.3. The van der Waals surface area contributed by atoms with E-state index in [4.69, 9.17) is 9.97 Å². The summed E-state index contributed by atoms with van der Waals surface area (Å²) in [7, 11) is -8.69. The molecule has 0 fully saturated rings. The number of rotatable bonds is 7. The van der Waals surface area contributed by atoms with Gasteiger partial charge in [0, 0.05) is 50.9 Å². The molecule has 0 spiro atoms. The summed E-state index contributed by atoms with van der Waals surface area (Å²) in [6, 6.07) is 13.7. The van der Waals surface area contributed by atoms with Gasteiger partial charge in [0.15, 0.2) is 0 Å². The van der Waals surface area contributed by atoms with Gasteiger partial charge in [-0.1, -0.05) is 13.8 Å². The second-order valence-corrected chi connectivity index (χ2v) is 14.5. The molecule has 39 heavy (non-hydrogen) atoms. The average molecular weight is 571 g/mol. The van der Waals surface area contributed by atoms with Gasteiger partial charge in [0.25, 0.3) is 0 Å². The fraction of sp³-hybridized carbons (Fsp3) is 0.333. The maximum Gasteiger partial charge on any atom is 0.325 e. The highest BCUT2D eigenvalue weighted by Crippen LogP contribution is 2.44. The number of hydrogen-bond donors (Lipinski definition) is 6. The fourth-order valence-electron chi connectivity index (χ4n) is 5.19. The van der Waals surface area contributed by atoms with Gasteiger partial charge in [-0.2, -0.15) is 0 Å². The Morgan fingerprint density at radius 2 is 1.46 bits per heavy atom. The van der Waals surface area contributed by atoms with Crippen LogP contribution in [0.4, 0.5) is 0 Å². The van der Waals surface area contributed by atoms with Crippen molar-refractivity contribution in [2.24, 2.45) is 0 Å². The van der Waals surface area contributed by atoms with Gasteiger partial charge >= 0.3 is 15.2 Å². The number of nitrogens with one attached hydrogen (secondary N) is 2. The van der Waals surface area contributed by atoms with E-state index in [-0.39, 0.29) is 18.3 Å². The summed E-state index contributed by atoms with van der Waals surface area (Å²) in [5, 5.41) is 0. The van der Waals surface area contributed by atoms with Crippen molar-refractivity contribution in [3.63, 3.8) is 0 Å². The highest BCUT2D eigenvalue weighted by Gasteiger charge is 2.29. The number of H-pyrrole nitrogens is 2. The summed E-state index contributed by atoms with van der Waals surface area (Å²) in [6.07, 6.45) is 3.69. The van der Waals surface area contributed by atoms with Gasteiger partial charge in [-0.3, -0.25) is 14.1 Å². The van der Waals surface area contributed by atoms with Crippen molar-refractivity contribution in [2.75, 3.05) is 12.3 Å². The van der Waals surface area contributed by atoms with E-state index in [0.29, 0.717) is 22.5 Å².